The third-order valence-corrected chi connectivity index (χ3v) is 5.12. The van der Waals surface area contributed by atoms with Crippen molar-refractivity contribution in [3.8, 4) is 0 Å². The largest absolute Gasteiger partial charge is 0.416 e. The summed E-state index contributed by atoms with van der Waals surface area (Å²) in [6, 6.07) is 7.31. The Morgan fingerprint density at radius 3 is 2.43 bits per heavy atom. The molecule has 28 heavy (non-hydrogen) atoms. The normalized spacial score (nSPS) is 12.3. The molecule has 0 radical (unpaired) electrons. The standard InChI is InChI=1S/C17H15F3N4O3S/c1-28(26,27)11-4-2-9(3-5-11)8-22-15(25)12-6-10(17(18,19)20)7-13-14(12)24-16(21)23-13/h2-7H,8H2,1H3,(H,22,25)(H3,21,23,24). The average Bonchev–Trinajstić information content (AvgIpc) is 2.97. The number of fused-ring (bicyclic) bond motifs is 1. The number of sulfone groups is 1. The third-order valence-electron chi connectivity index (χ3n) is 3.99. The topological polar surface area (TPSA) is 118 Å². The zero-order valence-electron chi connectivity index (χ0n) is 14.5. The number of nitrogens with two attached hydrogens (primary N) is 1. The Bertz CT molecular complexity index is 1150. The van der Waals surface area contributed by atoms with Crippen LogP contribution in [0.5, 0.6) is 0 Å². The van der Waals surface area contributed by atoms with Crippen LogP contribution < -0.4 is 11.1 Å². The van der Waals surface area contributed by atoms with Gasteiger partial charge in [-0.1, -0.05) is 12.1 Å². The predicted molar refractivity (Wildman–Crippen MR) is 96.2 cm³/mol. The second-order valence-corrected chi connectivity index (χ2v) is 8.15. The molecular formula is C17H15F3N4O3S. The van der Waals surface area contributed by atoms with Gasteiger partial charge in [-0.15, -0.1) is 0 Å². The lowest BCUT2D eigenvalue weighted by Gasteiger charge is -2.11. The Labute approximate surface area is 157 Å². The number of benzene rings is 2. The fraction of sp³-hybridized carbons (Fsp3) is 0.176. The maximum atomic E-state index is 13.1. The molecule has 4 N–H and O–H groups in total. The van der Waals surface area contributed by atoms with Crippen molar-refractivity contribution in [2.45, 2.75) is 17.6 Å². The highest BCUT2D eigenvalue weighted by Crippen LogP contribution is 2.33. The molecule has 0 aliphatic carbocycles. The molecule has 1 heterocycles. The van der Waals surface area contributed by atoms with Gasteiger partial charge in [0.1, 0.15) is 0 Å². The van der Waals surface area contributed by atoms with Crippen LogP contribution in [0.25, 0.3) is 11.0 Å². The van der Waals surface area contributed by atoms with E-state index < -0.39 is 27.5 Å². The number of anilines is 1. The SMILES string of the molecule is CS(=O)(=O)c1ccc(CNC(=O)c2cc(C(F)(F)F)cc3nc(N)[nH]c23)cc1. The number of carbonyl (C=O) groups is 1. The van der Waals surface area contributed by atoms with Gasteiger partial charge in [0.25, 0.3) is 5.91 Å². The van der Waals surface area contributed by atoms with Crippen molar-refractivity contribution in [2.75, 3.05) is 12.0 Å². The number of hydrogen-bond acceptors (Lipinski definition) is 5. The zero-order valence-corrected chi connectivity index (χ0v) is 15.3. The summed E-state index contributed by atoms with van der Waals surface area (Å²) >= 11 is 0. The van der Waals surface area contributed by atoms with Gasteiger partial charge < -0.3 is 16.0 Å². The van der Waals surface area contributed by atoms with Crippen molar-refractivity contribution in [1.82, 2.24) is 15.3 Å². The van der Waals surface area contributed by atoms with E-state index >= 15 is 0 Å². The predicted octanol–water partition coefficient (Wildman–Crippen LogP) is 2.50. The van der Waals surface area contributed by atoms with Crippen LogP contribution in [0.2, 0.25) is 0 Å². The maximum absolute atomic E-state index is 13.1. The van der Waals surface area contributed by atoms with E-state index in [0.29, 0.717) is 5.56 Å². The van der Waals surface area contributed by atoms with Crippen LogP contribution in [-0.4, -0.2) is 30.5 Å². The molecule has 0 bridgehead atoms. The van der Waals surface area contributed by atoms with Gasteiger partial charge >= 0.3 is 6.18 Å². The molecule has 3 aromatic rings. The number of nitrogen functional groups attached to an aromatic ring is 1. The number of aromatic nitrogens is 2. The van der Waals surface area contributed by atoms with Crippen LogP contribution in [0.1, 0.15) is 21.5 Å². The highest BCUT2D eigenvalue weighted by molar-refractivity contribution is 7.90. The Hall–Kier alpha value is -3.08. The molecular weight excluding hydrogens is 397 g/mol. The number of imidazole rings is 1. The fourth-order valence-corrected chi connectivity index (χ4v) is 3.24. The third kappa shape index (κ3) is 4.09. The van der Waals surface area contributed by atoms with Crippen molar-refractivity contribution in [2.24, 2.45) is 0 Å². The highest BCUT2D eigenvalue weighted by Gasteiger charge is 2.32. The molecule has 0 saturated carbocycles. The van der Waals surface area contributed by atoms with Crippen molar-refractivity contribution < 1.29 is 26.4 Å². The molecule has 2 aromatic carbocycles. The first-order valence-electron chi connectivity index (χ1n) is 7.89. The molecule has 0 aliphatic rings. The first-order chi connectivity index (χ1) is 12.9. The lowest BCUT2D eigenvalue weighted by atomic mass is 10.1. The number of hydrogen-bond donors (Lipinski definition) is 3. The van der Waals surface area contributed by atoms with E-state index in [1.807, 2.05) is 0 Å². The molecule has 0 aliphatic heterocycles. The Morgan fingerprint density at radius 2 is 1.86 bits per heavy atom. The van der Waals surface area contributed by atoms with E-state index in [9.17, 15) is 26.4 Å². The number of nitrogens with zero attached hydrogens (tertiary/aromatic N) is 1. The van der Waals surface area contributed by atoms with Crippen molar-refractivity contribution in [3.63, 3.8) is 0 Å². The molecule has 0 saturated heterocycles. The Morgan fingerprint density at radius 1 is 1.21 bits per heavy atom. The molecule has 0 unspecified atom stereocenters. The maximum Gasteiger partial charge on any atom is 0.416 e. The van der Waals surface area contributed by atoms with Gasteiger partial charge in [0.05, 0.1) is 27.1 Å². The van der Waals surface area contributed by atoms with E-state index in [1.54, 1.807) is 0 Å². The number of alkyl halides is 3. The molecule has 0 fully saturated rings. The van der Waals surface area contributed by atoms with Gasteiger partial charge in [-0.25, -0.2) is 13.4 Å². The number of aromatic amines is 1. The van der Waals surface area contributed by atoms with E-state index in [4.69, 9.17) is 5.73 Å². The number of H-pyrrole nitrogens is 1. The van der Waals surface area contributed by atoms with Gasteiger partial charge in [0, 0.05) is 12.8 Å². The molecule has 7 nitrogen and oxygen atoms in total. The lowest BCUT2D eigenvalue weighted by Crippen LogP contribution is -2.23. The minimum absolute atomic E-state index is 0.00969. The summed E-state index contributed by atoms with van der Waals surface area (Å²) in [6.07, 6.45) is -3.59. The van der Waals surface area contributed by atoms with Crippen molar-refractivity contribution >= 4 is 32.7 Å². The average molecular weight is 412 g/mol. The second kappa shape index (κ2) is 6.82. The summed E-state index contributed by atoms with van der Waals surface area (Å²) < 4.78 is 62.2. The second-order valence-electron chi connectivity index (χ2n) is 6.14. The minimum Gasteiger partial charge on any atom is -0.369 e. The van der Waals surface area contributed by atoms with Crippen LogP contribution in [0, 0.1) is 0 Å². The summed E-state index contributed by atoms with van der Waals surface area (Å²) in [6.45, 7) is -0.00969. The summed E-state index contributed by atoms with van der Waals surface area (Å²) in [7, 11) is -3.35. The first kappa shape index (κ1) is 19.7. The first-order valence-corrected chi connectivity index (χ1v) is 9.78. The molecule has 0 atom stereocenters. The molecule has 11 heteroatoms. The lowest BCUT2D eigenvalue weighted by molar-refractivity contribution is -0.137. The molecule has 0 spiro atoms. The van der Waals surface area contributed by atoms with Gasteiger partial charge in [0.15, 0.2) is 15.8 Å². The Balaban J connectivity index is 1.87. The van der Waals surface area contributed by atoms with Crippen LogP contribution >= 0.6 is 0 Å². The smallest absolute Gasteiger partial charge is 0.369 e. The molecule has 148 valence electrons. The highest BCUT2D eigenvalue weighted by atomic mass is 32.2. The van der Waals surface area contributed by atoms with Crippen LogP contribution in [0.4, 0.5) is 19.1 Å². The zero-order chi connectivity index (χ0) is 20.7. The Kier molecular flexibility index (Phi) is 4.79. The number of rotatable bonds is 4. The summed E-state index contributed by atoms with van der Waals surface area (Å²) in [5.41, 5.74) is 4.83. The molecule has 1 aromatic heterocycles. The molecule has 3 rings (SSSR count). The van der Waals surface area contributed by atoms with E-state index in [1.165, 1.54) is 24.3 Å². The van der Waals surface area contributed by atoms with E-state index in [2.05, 4.69) is 15.3 Å². The van der Waals surface area contributed by atoms with Gasteiger partial charge in [-0.3, -0.25) is 4.79 Å². The van der Waals surface area contributed by atoms with Crippen molar-refractivity contribution in [1.29, 1.82) is 0 Å². The number of nitrogens with one attached hydrogen (secondary N) is 2. The summed E-state index contributed by atoms with van der Waals surface area (Å²) in [4.78, 5) is 19.0. The van der Waals surface area contributed by atoms with E-state index in [0.717, 1.165) is 18.4 Å². The van der Waals surface area contributed by atoms with Crippen molar-refractivity contribution in [3.05, 3.63) is 53.1 Å². The number of amides is 1. The summed E-state index contributed by atoms with van der Waals surface area (Å²) in [5, 5.41) is 2.51. The van der Waals surface area contributed by atoms with Crippen LogP contribution in [0.15, 0.2) is 41.3 Å². The molecule has 1 amide bonds. The van der Waals surface area contributed by atoms with Crippen LogP contribution in [-0.2, 0) is 22.6 Å². The summed E-state index contributed by atoms with van der Waals surface area (Å²) in [5.74, 6) is -0.869. The quantitative estimate of drug-likeness (QED) is 0.609. The van der Waals surface area contributed by atoms with Gasteiger partial charge in [-0.05, 0) is 29.8 Å². The van der Waals surface area contributed by atoms with Gasteiger partial charge in [0.2, 0.25) is 0 Å². The number of halogens is 3. The van der Waals surface area contributed by atoms with E-state index in [-0.39, 0.29) is 34.0 Å². The van der Waals surface area contributed by atoms with Gasteiger partial charge in [-0.2, -0.15) is 13.2 Å². The fourth-order valence-electron chi connectivity index (χ4n) is 2.61. The number of carbonyl (C=O) groups excluding carboxylic acids is 1. The van der Waals surface area contributed by atoms with Crippen LogP contribution in [0.3, 0.4) is 0 Å². The monoisotopic (exact) mass is 412 g/mol. The minimum atomic E-state index is -4.65.